The molecule has 0 atom stereocenters. The summed E-state index contributed by atoms with van der Waals surface area (Å²) in [7, 11) is 0. The number of aromatic nitrogens is 2. The monoisotopic (exact) mass is 384 g/mol. The molecular weight excluding hydrogens is 368 g/mol. The van der Waals surface area contributed by atoms with E-state index in [4.69, 9.17) is 16.3 Å². The van der Waals surface area contributed by atoms with E-state index < -0.39 is 0 Å². The minimum absolute atomic E-state index is 0.711. The lowest BCUT2D eigenvalue weighted by molar-refractivity contribution is 0.483. The van der Waals surface area contributed by atoms with Crippen LogP contribution in [-0.4, -0.2) is 9.97 Å². The molecule has 2 aromatic heterocycles. The van der Waals surface area contributed by atoms with Crippen molar-refractivity contribution in [1.82, 2.24) is 9.97 Å². The topological polar surface area (TPSA) is 37.9 Å². The van der Waals surface area contributed by atoms with Gasteiger partial charge in [-0.05, 0) is 55.0 Å². The zero-order chi connectivity index (χ0) is 19.1. The average Bonchev–Trinajstić information content (AvgIpc) is 3.09. The fourth-order valence-electron chi connectivity index (χ4n) is 3.58. The number of halogens is 1. The highest BCUT2D eigenvalue weighted by Crippen LogP contribution is 2.37. The van der Waals surface area contributed by atoms with Gasteiger partial charge in [-0.1, -0.05) is 41.9 Å². The summed E-state index contributed by atoms with van der Waals surface area (Å²) in [6.07, 6.45) is 1.83. The van der Waals surface area contributed by atoms with Gasteiger partial charge in [-0.2, -0.15) is 0 Å². The average molecular weight is 385 g/mol. The van der Waals surface area contributed by atoms with Crippen LogP contribution in [0.25, 0.3) is 32.9 Å². The summed E-state index contributed by atoms with van der Waals surface area (Å²) < 4.78 is 5.90. The third-order valence-corrected chi connectivity index (χ3v) is 5.15. The molecular formula is C24H17ClN2O. The minimum atomic E-state index is 0.711. The molecule has 3 aromatic carbocycles. The maximum Gasteiger partial charge on any atom is 0.127 e. The van der Waals surface area contributed by atoms with Gasteiger partial charge in [0.2, 0.25) is 0 Å². The fraction of sp³-hybridized carbons (Fsp3) is 0.0417. The van der Waals surface area contributed by atoms with Gasteiger partial charge in [0, 0.05) is 27.6 Å². The zero-order valence-corrected chi connectivity index (χ0v) is 16.0. The molecule has 0 amide bonds. The highest BCUT2D eigenvalue weighted by Gasteiger charge is 2.13. The van der Waals surface area contributed by atoms with E-state index in [-0.39, 0.29) is 0 Å². The number of hydrogen-bond donors (Lipinski definition) is 1. The Morgan fingerprint density at radius 1 is 0.821 bits per heavy atom. The molecule has 5 aromatic rings. The minimum Gasteiger partial charge on any atom is -0.457 e. The van der Waals surface area contributed by atoms with Gasteiger partial charge in [-0.25, -0.2) is 0 Å². The van der Waals surface area contributed by atoms with E-state index in [2.05, 4.69) is 22.1 Å². The van der Waals surface area contributed by atoms with Crippen molar-refractivity contribution < 1.29 is 4.74 Å². The van der Waals surface area contributed by atoms with Crippen LogP contribution in [0.3, 0.4) is 0 Å². The molecule has 4 heteroatoms. The van der Waals surface area contributed by atoms with Crippen molar-refractivity contribution in [2.24, 2.45) is 0 Å². The molecule has 28 heavy (non-hydrogen) atoms. The van der Waals surface area contributed by atoms with E-state index in [1.54, 1.807) is 0 Å². The summed E-state index contributed by atoms with van der Waals surface area (Å²) in [5.74, 6) is 1.61. The van der Waals surface area contributed by atoms with Crippen molar-refractivity contribution in [2.75, 3.05) is 0 Å². The Bertz CT molecular complexity index is 1290. The van der Waals surface area contributed by atoms with Crippen molar-refractivity contribution in [3.05, 3.63) is 89.7 Å². The van der Waals surface area contributed by atoms with Gasteiger partial charge in [0.15, 0.2) is 0 Å². The predicted octanol–water partition coefficient (Wildman–Crippen LogP) is 7.14. The number of aromatic amines is 1. The second-order valence-corrected chi connectivity index (χ2v) is 7.20. The van der Waals surface area contributed by atoms with E-state index in [9.17, 15) is 0 Å². The van der Waals surface area contributed by atoms with E-state index in [0.29, 0.717) is 5.02 Å². The molecule has 0 unspecified atom stereocenters. The Balaban J connectivity index is 1.61. The van der Waals surface area contributed by atoms with E-state index >= 15 is 0 Å². The molecule has 3 nitrogen and oxygen atoms in total. The van der Waals surface area contributed by atoms with Crippen LogP contribution in [-0.2, 0) is 0 Å². The second kappa shape index (κ2) is 6.70. The van der Waals surface area contributed by atoms with Crippen LogP contribution in [0.15, 0.2) is 79.0 Å². The van der Waals surface area contributed by atoms with Crippen molar-refractivity contribution >= 4 is 33.4 Å². The Labute approximate surface area is 167 Å². The number of benzene rings is 3. The van der Waals surface area contributed by atoms with Crippen LogP contribution in [0.4, 0.5) is 0 Å². The maximum atomic E-state index is 6.46. The lowest BCUT2D eigenvalue weighted by atomic mass is 10.0. The van der Waals surface area contributed by atoms with E-state index in [0.717, 1.165) is 50.1 Å². The molecule has 2 heterocycles. The molecule has 0 radical (unpaired) electrons. The molecule has 0 aliphatic rings. The van der Waals surface area contributed by atoms with Gasteiger partial charge in [0.05, 0.1) is 16.7 Å². The summed E-state index contributed by atoms with van der Waals surface area (Å²) in [6, 6.07) is 23.9. The summed E-state index contributed by atoms with van der Waals surface area (Å²) >= 11 is 6.46. The smallest absolute Gasteiger partial charge is 0.127 e. The molecule has 0 bridgehead atoms. The third-order valence-electron chi connectivity index (χ3n) is 4.93. The van der Waals surface area contributed by atoms with Crippen LogP contribution >= 0.6 is 11.6 Å². The standard InChI is InChI=1S/C24H17ClN2O/c1-15-23-20(11-12-26-15)22-14-17(25)13-21(24(22)27-23)16-7-9-19(10-8-16)28-18-5-3-2-4-6-18/h2-14,27H,1H3. The van der Waals surface area contributed by atoms with Crippen molar-refractivity contribution in [3.63, 3.8) is 0 Å². The van der Waals surface area contributed by atoms with Crippen LogP contribution in [0, 0.1) is 6.92 Å². The van der Waals surface area contributed by atoms with Crippen molar-refractivity contribution in [2.45, 2.75) is 6.92 Å². The van der Waals surface area contributed by atoms with Gasteiger partial charge in [0.1, 0.15) is 11.5 Å². The predicted molar refractivity (Wildman–Crippen MR) is 115 cm³/mol. The molecule has 0 fully saturated rings. The number of para-hydroxylation sites is 1. The number of rotatable bonds is 3. The van der Waals surface area contributed by atoms with Gasteiger partial charge >= 0.3 is 0 Å². The Hall–Kier alpha value is -3.30. The fourth-order valence-corrected chi connectivity index (χ4v) is 3.80. The van der Waals surface area contributed by atoms with Crippen molar-refractivity contribution in [3.8, 4) is 22.6 Å². The van der Waals surface area contributed by atoms with E-state index in [1.165, 1.54) is 0 Å². The highest BCUT2D eigenvalue weighted by atomic mass is 35.5. The SMILES string of the molecule is Cc1nccc2c1[nH]c1c(-c3ccc(Oc4ccccc4)cc3)cc(Cl)cc12. The summed E-state index contributed by atoms with van der Waals surface area (Å²) in [6.45, 7) is 2.01. The molecule has 5 rings (SSSR count). The molecule has 0 aliphatic heterocycles. The normalized spacial score (nSPS) is 11.2. The summed E-state index contributed by atoms with van der Waals surface area (Å²) in [5, 5.41) is 2.95. The number of hydrogen-bond acceptors (Lipinski definition) is 2. The molecule has 136 valence electrons. The van der Waals surface area contributed by atoms with E-state index in [1.807, 2.05) is 73.8 Å². The number of pyridine rings is 1. The molecule has 0 spiro atoms. The largest absolute Gasteiger partial charge is 0.457 e. The Kier molecular flexibility index (Phi) is 4.03. The van der Waals surface area contributed by atoms with Gasteiger partial charge < -0.3 is 9.72 Å². The molecule has 1 N–H and O–H groups in total. The number of ether oxygens (including phenoxy) is 1. The third kappa shape index (κ3) is 2.90. The molecule has 0 aliphatic carbocycles. The number of fused-ring (bicyclic) bond motifs is 3. The number of aryl methyl sites for hydroxylation is 1. The summed E-state index contributed by atoms with van der Waals surface area (Å²) in [4.78, 5) is 7.94. The van der Waals surface area contributed by atoms with Crippen LogP contribution in [0.2, 0.25) is 5.02 Å². The highest BCUT2D eigenvalue weighted by molar-refractivity contribution is 6.32. The van der Waals surface area contributed by atoms with Gasteiger partial charge in [-0.3, -0.25) is 4.98 Å². The second-order valence-electron chi connectivity index (χ2n) is 6.76. The molecule has 0 saturated heterocycles. The first kappa shape index (κ1) is 16.8. The Morgan fingerprint density at radius 2 is 1.57 bits per heavy atom. The van der Waals surface area contributed by atoms with Gasteiger partial charge in [0.25, 0.3) is 0 Å². The van der Waals surface area contributed by atoms with Gasteiger partial charge in [-0.15, -0.1) is 0 Å². The quantitative estimate of drug-likeness (QED) is 0.359. The van der Waals surface area contributed by atoms with Crippen LogP contribution in [0.5, 0.6) is 11.5 Å². The first-order chi connectivity index (χ1) is 13.7. The van der Waals surface area contributed by atoms with Crippen LogP contribution < -0.4 is 4.74 Å². The lowest BCUT2D eigenvalue weighted by Gasteiger charge is -2.08. The summed E-state index contributed by atoms with van der Waals surface area (Å²) in [5.41, 5.74) is 5.22. The maximum absolute atomic E-state index is 6.46. The first-order valence-corrected chi connectivity index (χ1v) is 9.47. The number of nitrogens with zero attached hydrogens (tertiary/aromatic N) is 1. The van der Waals surface area contributed by atoms with Crippen molar-refractivity contribution in [1.29, 1.82) is 0 Å². The number of H-pyrrole nitrogens is 1. The number of nitrogens with one attached hydrogen (secondary N) is 1. The molecule has 0 saturated carbocycles. The Morgan fingerprint density at radius 3 is 2.36 bits per heavy atom. The first-order valence-electron chi connectivity index (χ1n) is 9.09. The van der Waals surface area contributed by atoms with Crippen LogP contribution in [0.1, 0.15) is 5.69 Å². The zero-order valence-electron chi connectivity index (χ0n) is 15.2. The lowest BCUT2D eigenvalue weighted by Crippen LogP contribution is -1.85.